The monoisotopic (exact) mass is 538 g/mol. The summed E-state index contributed by atoms with van der Waals surface area (Å²) in [5.74, 6) is -0.330. The average molecular weight is 539 g/mol. The van der Waals surface area contributed by atoms with E-state index in [9.17, 15) is 18.0 Å². The Labute approximate surface area is 224 Å². The second-order valence-corrected chi connectivity index (χ2v) is 10.7. The predicted molar refractivity (Wildman–Crippen MR) is 147 cm³/mol. The lowest BCUT2D eigenvalue weighted by Gasteiger charge is -2.22. The molecule has 0 bridgehead atoms. The fourth-order valence-corrected chi connectivity index (χ4v) is 5.17. The first-order chi connectivity index (χ1) is 18.2. The van der Waals surface area contributed by atoms with Gasteiger partial charge in [0.1, 0.15) is 5.75 Å². The highest BCUT2D eigenvalue weighted by atomic mass is 32.2. The van der Waals surface area contributed by atoms with Crippen LogP contribution in [0.2, 0.25) is 0 Å². The molecular weight excluding hydrogens is 504 g/mol. The van der Waals surface area contributed by atoms with Crippen LogP contribution in [0.1, 0.15) is 48.2 Å². The maximum Gasteiger partial charge on any atom is 0.338 e. The van der Waals surface area contributed by atoms with Crippen LogP contribution in [0.4, 0.5) is 5.69 Å². The van der Waals surface area contributed by atoms with Gasteiger partial charge in [-0.1, -0.05) is 43.7 Å². The largest absolute Gasteiger partial charge is 0.494 e. The molecule has 3 aromatic rings. The summed E-state index contributed by atoms with van der Waals surface area (Å²) in [7, 11) is -4.01. The van der Waals surface area contributed by atoms with E-state index < -0.39 is 28.4 Å². The van der Waals surface area contributed by atoms with Gasteiger partial charge in [-0.25, -0.2) is 13.2 Å². The summed E-state index contributed by atoms with van der Waals surface area (Å²) in [4.78, 5) is 25.1. The van der Waals surface area contributed by atoms with E-state index in [0.29, 0.717) is 35.8 Å². The van der Waals surface area contributed by atoms with Crippen LogP contribution in [0.15, 0.2) is 77.7 Å². The molecule has 0 aromatic heterocycles. The van der Waals surface area contributed by atoms with Crippen molar-refractivity contribution in [2.45, 2.75) is 45.1 Å². The Hall–Kier alpha value is -3.69. The van der Waals surface area contributed by atoms with Crippen LogP contribution in [0.25, 0.3) is 0 Å². The Kier molecular flexibility index (Phi) is 10.4. The zero-order valence-electron chi connectivity index (χ0n) is 22.0. The van der Waals surface area contributed by atoms with Gasteiger partial charge in [-0.05, 0) is 73.9 Å². The molecule has 0 saturated heterocycles. The van der Waals surface area contributed by atoms with E-state index in [0.717, 1.165) is 22.7 Å². The number of amides is 1. The van der Waals surface area contributed by atoms with Crippen LogP contribution < -0.4 is 10.1 Å². The molecule has 3 aromatic carbocycles. The number of nitrogens with one attached hydrogen (secondary N) is 1. The van der Waals surface area contributed by atoms with E-state index in [1.807, 2.05) is 44.2 Å². The van der Waals surface area contributed by atoms with Gasteiger partial charge in [-0.3, -0.25) is 4.79 Å². The van der Waals surface area contributed by atoms with Gasteiger partial charge in [0.2, 0.25) is 15.9 Å². The van der Waals surface area contributed by atoms with Crippen LogP contribution in [-0.4, -0.2) is 44.4 Å². The van der Waals surface area contributed by atoms with E-state index >= 15 is 0 Å². The molecule has 0 aliphatic heterocycles. The molecule has 3 rings (SSSR count). The first kappa shape index (κ1) is 28.9. The standard InChI is InChI=1S/C29H34N2O6S/c1-4-6-18-37-29(33)24-12-14-25(15-13-24)30-28(32)21-31(20-23-10-8-7-9-11-23)38(34,35)26-16-17-27(36-5-2)22(3)19-26/h7-17,19H,4-6,18,20-21H2,1-3H3,(H,30,32). The summed E-state index contributed by atoms with van der Waals surface area (Å²) in [6.45, 7) is 6.09. The van der Waals surface area contributed by atoms with Crippen LogP contribution in [0, 0.1) is 6.92 Å². The third kappa shape index (κ3) is 7.90. The summed E-state index contributed by atoms with van der Waals surface area (Å²) in [6.07, 6.45) is 1.71. The highest BCUT2D eigenvalue weighted by Crippen LogP contribution is 2.25. The van der Waals surface area contributed by atoms with Gasteiger partial charge < -0.3 is 14.8 Å². The molecule has 38 heavy (non-hydrogen) atoms. The molecule has 9 heteroatoms. The van der Waals surface area contributed by atoms with Crippen molar-refractivity contribution in [3.05, 3.63) is 89.5 Å². The minimum atomic E-state index is -4.01. The quantitative estimate of drug-likeness (QED) is 0.238. The molecule has 0 heterocycles. The van der Waals surface area contributed by atoms with Gasteiger partial charge in [0, 0.05) is 12.2 Å². The molecule has 0 unspecified atom stereocenters. The number of aryl methyl sites for hydroxylation is 1. The van der Waals surface area contributed by atoms with Gasteiger partial charge >= 0.3 is 5.97 Å². The minimum Gasteiger partial charge on any atom is -0.494 e. The fraction of sp³-hybridized carbons (Fsp3) is 0.310. The number of esters is 1. The molecule has 202 valence electrons. The van der Waals surface area contributed by atoms with Crippen molar-refractivity contribution in [2.24, 2.45) is 0 Å². The number of hydrogen-bond acceptors (Lipinski definition) is 6. The number of anilines is 1. The Balaban J connectivity index is 1.77. The summed E-state index contributed by atoms with van der Waals surface area (Å²) < 4.78 is 39.1. The SMILES string of the molecule is CCCCOC(=O)c1ccc(NC(=O)CN(Cc2ccccc2)S(=O)(=O)c2ccc(OCC)c(C)c2)cc1. The lowest BCUT2D eigenvalue weighted by atomic mass is 10.2. The predicted octanol–water partition coefficient (Wildman–Crippen LogP) is 5.18. The Morgan fingerprint density at radius 1 is 0.947 bits per heavy atom. The van der Waals surface area contributed by atoms with Crippen molar-refractivity contribution < 1.29 is 27.5 Å². The number of hydrogen-bond donors (Lipinski definition) is 1. The van der Waals surface area contributed by atoms with Gasteiger partial charge in [0.25, 0.3) is 0 Å². The van der Waals surface area contributed by atoms with E-state index in [-0.39, 0.29) is 11.4 Å². The number of carbonyl (C=O) groups is 2. The maximum absolute atomic E-state index is 13.6. The number of benzene rings is 3. The van der Waals surface area contributed by atoms with Crippen LogP contribution >= 0.6 is 0 Å². The van der Waals surface area contributed by atoms with Gasteiger partial charge in [0.05, 0.1) is 30.2 Å². The second kappa shape index (κ2) is 13.7. The molecule has 0 aliphatic rings. The van der Waals surface area contributed by atoms with E-state index in [2.05, 4.69) is 5.32 Å². The van der Waals surface area contributed by atoms with Crippen molar-refractivity contribution in [3.8, 4) is 5.75 Å². The molecule has 1 amide bonds. The molecule has 0 atom stereocenters. The molecule has 0 saturated carbocycles. The number of carbonyl (C=O) groups excluding carboxylic acids is 2. The van der Waals surface area contributed by atoms with Crippen LogP contribution in [0.5, 0.6) is 5.75 Å². The number of ether oxygens (including phenoxy) is 2. The first-order valence-electron chi connectivity index (χ1n) is 12.6. The van der Waals surface area contributed by atoms with Gasteiger partial charge in [0.15, 0.2) is 0 Å². The van der Waals surface area contributed by atoms with Crippen molar-refractivity contribution in [3.63, 3.8) is 0 Å². The highest BCUT2D eigenvalue weighted by molar-refractivity contribution is 7.89. The fourth-order valence-electron chi connectivity index (χ4n) is 3.70. The average Bonchev–Trinajstić information content (AvgIpc) is 2.90. The molecule has 0 radical (unpaired) electrons. The molecule has 0 aliphatic carbocycles. The topological polar surface area (TPSA) is 102 Å². The zero-order valence-corrected chi connectivity index (χ0v) is 22.8. The smallest absolute Gasteiger partial charge is 0.338 e. The summed E-state index contributed by atoms with van der Waals surface area (Å²) in [5, 5.41) is 2.72. The number of nitrogens with zero attached hydrogens (tertiary/aromatic N) is 1. The van der Waals surface area contributed by atoms with Gasteiger partial charge in [-0.2, -0.15) is 4.31 Å². The number of sulfonamides is 1. The summed E-state index contributed by atoms with van der Waals surface area (Å²) in [5.41, 5.74) is 2.25. The zero-order chi connectivity index (χ0) is 27.5. The molecule has 0 fully saturated rings. The maximum atomic E-state index is 13.6. The van der Waals surface area contributed by atoms with Crippen molar-refractivity contribution in [2.75, 3.05) is 25.1 Å². The third-order valence-electron chi connectivity index (χ3n) is 5.74. The van der Waals surface area contributed by atoms with E-state index in [1.165, 1.54) is 6.07 Å². The highest BCUT2D eigenvalue weighted by Gasteiger charge is 2.27. The summed E-state index contributed by atoms with van der Waals surface area (Å²) in [6, 6.07) is 20.0. The Bertz CT molecular complexity index is 1320. The molecule has 8 nitrogen and oxygen atoms in total. The first-order valence-corrected chi connectivity index (χ1v) is 14.0. The third-order valence-corrected chi connectivity index (χ3v) is 7.53. The Morgan fingerprint density at radius 2 is 1.66 bits per heavy atom. The molecule has 0 spiro atoms. The van der Waals surface area contributed by atoms with E-state index in [4.69, 9.17) is 9.47 Å². The number of unbranched alkanes of at least 4 members (excludes halogenated alkanes) is 1. The van der Waals surface area contributed by atoms with Crippen LogP contribution in [0.3, 0.4) is 0 Å². The normalized spacial score (nSPS) is 11.3. The lowest BCUT2D eigenvalue weighted by molar-refractivity contribution is -0.116. The van der Waals surface area contributed by atoms with Crippen molar-refractivity contribution >= 4 is 27.6 Å². The molecular formula is C29H34N2O6S. The van der Waals surface area contributed by atoms with Crippen LogP contribution in [-0.2, 0) is 26.1 Å². The second-order valence-electron chi connectivity index (χ2n) is 8.73. The minimum absolute atomic E-state index is 0.0192. The van der Waals surface area contributed by atoms with E-state index in [1.54, 1.807) is 43.3 Å². The molecule has 1 N–H and O–H groups in total. The Morgan fingerprint density at radius 3 is 2.29 bits per heavy atom. The van der Waals surface area contributed by atoms with Gasteiger partial charge in [-0.15, -0.1) is 0 Å². The van der Waals surface area contributed by atoms with Crippen molar-refractivity contribution in [1.29, 1.82) is 0 Å². The number of rotatable bonds is 13. The summed E-state index contributed by atoms with van der Waals surface area (Å²) >= 11 is 0. The lowest BCUT2D eigenvalue weighted by Crippen LogP contribution is -2.37. The van der Waals surface area contributed by atoms with Crippen molar-refractivity contribution in [1.82, 2.24) is 4.31 Å².